The van der Waals surface area contributed by atoms with E-state index in [2.05, 4.69) is 62.8 Å². The Balaban J connectivity index is 0.000000118. The fourth-order valence-corrected chi connectivity index (χ4v) is 13.8. The summed E-state index contributed by atoms with van der Waals surface area (Å²) in [4.78, 5) is 42.8. The Morgan fingerprint density at radius 2 is 0.714 bits per heavy atom. The van der Waals surface area contributed by atoms with E-state index in [0.717, 1.165) is 102 Å². The number of aromatic nitrogens is 12. The fraction of sp³-hybridized carbons (Fsp3) is 0.409. The molecule has 432 valence electrons. The van der Waals surface area contributed by atoms with Crippen molar-refractivity contribution in [3.8, 4) is 67.9 Å². The summed E-state index contributed by atoms with van der Waals surface area (Å²) in [6, 6.07) is 32.2. The van der Waals surface area contributed by atoms with Gasteiger partial charge in [0, 0.05) is 108 Å². The standard InChI is InChI=1S/3C22H25N5O/c3*1-13-4-3-5-18(25-13)20-21(27-17-7-6-16(10-17)22(27)26-20)15-8-9-23-19(11-15)24-12-14(2)28/h3*3-5,8-9,11,14,16-17,28H,6-7,10,12H2,1-2H3,(H,23,24)/t14-,16+,17-;14-,16-,17+;/m00./s1. The van der Waals surface area contributed by atoms with Crippen molar-refractivity contribution in [2.45, 2.75) is 154 Å². The first-order chi connectivity index (χ1) is 40.8. The van der Waals surface area contributed by atoms with Gasteiger partial charge in [0.1, 0.15) is 52.0 Å². The molecular weight excluding hydrogens is 1050 g/mol. The maximum Gasteiger partial charge on any atom is 0.126 e. The monoisotopic (exact) mass is 1130 g/mol. The minimum atomic E-state index is -0.424. The minimum Gasteiger partial charge on any atom is -0.392 e. The van der Waals surface area contributed by atoms with Crippen LogP contribution in [0.2, 0.25) is 0 Å². The van der Waals surface area contributed by atoms with Crippen LogP contribution in [0.25, 0.3) is 67.9 Å². The van der Waals surface area contributed by atoms with Gasteiger partial charge in [0.25, 0.3) is 0 Å². The minimum absolute atomic E-state index is 0.424. The number of aryl methyl sites for hydroxylation is 3. The molecule has 3 fully saturated rings. The van der Waals surface area contributed by atoms with Gasteiger partial charge in [-0.2, -0.15) is 0 Å². The van der Waals surface area contributed by atoms with Crippen LogP contribution >= 0.6 is 0 Å². The summed E-state index contributed by atoms with van der Waals surface area (Å²) < 4.78 is 7.34. The highest BCUT2D eigenvalue weighted by atomic mass is 16.3. The Kier molecular flexibility index (Phi) is 15.1. The van der Waals surface area contributed by atoms with Crippen LogP contribution in [0.4, 0.5) is 17.5 Å². The van der Waals surface area contributed by atoms with Crippen molar-refractivity contribution >= 4 is 17.5 Å². The zero-order valence-electron chi connectivity index (χ0n) is 48.8. The molecule has 18 heteroatoms. The maximum atomic E-state index is 9.57. The highest BCUT2D eigenvalue weighted by Crippen LogP contribution is 2.55. The highest BCUT2D eigenvalue weighted by Gasteiger charge is 2.44. The number of anilines is 3. The first kappa shape index (κ1) is 55.0. The van der Waals surface area contributed by atoms with Crippen LogP contribution in [0.15, 0.2) is 110 Å². The van der Waals surface area contributed by atoms with Gasteiger partial charge in [-0.3, -0.25) is 15.0 Å². The molecule has 9 aromatic heterocycles. The van der Waals surface area contributed by atoms with Crippen molar-refractivity contribution in [1.82, 2.24) is 58.6 Å². The molecule has 84 heavy (non-hydrogen) atoms. The number of aliphatic hydroxyl groups excluding tert-OH is 3. The van der Waals surface area contributed by atoms with E-state index in [1.165, 1.54) is 75.3 Å². The molecule has 15 rings (SSSR count). The number of pyridine rings is 6. The van der Waals surface area contributed by atoms with Crippen molar-refractivity contribution in [1.29, 1.82) is 0 Å². The van der Waals surface area contributed by atoms with Gasteiger partial charge < -0.3 is 45.0 Å². The molecule has 9 aromatic rings. The van der Waals surface area contributed by atoms with Crippen LogP contribution in [-0.4, -0.2) is 112 Å². The van der Waals surface area contributed by atoms with E-state index < -0.39 is 18.3 Å². The molecule has 18 nitrogen and oxygen atoms in total. The number of nitrogens with zero attached hydrogens (tertiary/aromatic N) is 12. The Labute approximate surface area is 490 Å². The summed E-state index contributed by atoms with van der Waals surface area (Å²) in [6.45, 7) is 12.7. The molecule has 6 aliphatic rings. The average molecular weight is 1130 g/mol. The predicted molar refractivity (Wildman–Crippen MR) is 328 cm³/mol. The number of hydrogen-bond acceptors (Lipinski definition) is 15. The lowest BCUT2D eigenvalue weighted by molar-refractivity contribution is 0.207. The lowest BCUT2D eigenvalue weighted by atomic mass is 10.1. The number of nitrogens with one attached hydrogen (secondary N) is 3. The second kappa shape index (κ2) is 23.1. The first-order valence-corrected chi connectivity index (χ1v) is 30.1. The Hall–Kier alpha value is -8.19. The molecule has 6 bridgehead atoms. The van der Waals surface area contributed by atoms with Gasteiger partial charge in [0.05, 0.1) is 52.5 Å². The van der Waals surface area contributed by atoms with Crippen LogP contribution in [0.1, 0.15) is 149 Å². The molecule has 0 aromatic carbocycles. The fourth-order valence-electron chi connectivity index (χ4n) is 13.8. The third kappa shape index (κ3) is 10.9. The lowest BCUT2D eigenvalue weighted by Crippen LogP contribution is -2.16. The SMILES string of the molecule is Cc1cccc(-c2nc3n(c2-c2ccnc(NCC(C)O)c2)C2CCC3C2)n1.Cc1cccc(-c2nc3n(c2-c2ccnc(NC[C@H](C)O)c2)[C@@H]2CC[C@H]3C2)n1.Cc1cccc(-c2nc3n(c2-c2ccnc(NC[C@H](C)O)c2)[C@H]2CC[C@@H]3C2)n1. The van der Waals surface area contributed by atoms with E-state index in [9.17, 15) is 15.3 Å². The molecule has 3 aliphatic heterocycles. The molecule has 0 spiro atoms. The highest BCUT2D eigenvalue weighted by molar-refractivity contribution is 5.82. The lowest BCUT2D eigenvalue weighted by Gasteiger charge is -2.18. The van der Waals surface area contributed by atoms with Gasteiger partial charge in [-0.05, 0) is 172 Å². The van der Waals surface area contributed by atoms with Gasteiger partial charge in [0.2, 0.25) is 0 Å². The maximum absolute atomic E-state index is 9.57. The number of aliphatic hydroxyl groups is 3. The molecule has 12 heterocycles. The first-order valence-electron chi connectivity index (χ1n) is 30.1. The van der Waals surface area contributed by atoms with E-state index >= 15 is 0 Å². The van der Waals surface area contributed by atoms with Crippen molar-refractivity contribution in [2.24, 2.45) is 0 Å². The summed E-state index contributed by atoms with van der Waals surface area (Å²) in [6.07, 6.45) is 15.2. The van der Waals surface area contributed by atoms with E-state index in [1.807, 2.05) is 112 Å². The van der Waals surface area contributed by atoms with Crippen molar-refractivity contribution in [2.75, 3.05) is 35.6 Å². The summed E-state index contributed by atoms with van der Waals surface area (Å²) >= 11 is 0. The smallest absolute Gasteiger partial charge is 0.126 e. The summed E-state index contributed by atoms with van der Waals surface area (Å²) in [5.41, 5.74) is 15.3. The van der Waals surface area contributed by atoms with Crippen LogP contribution in [0, 0.1) is 20.8 Å². The molecule has 0 saturated heterocycles. The zero-order valence-corrected chi connectivity index (χ0v) is 48.8. The number of rotatable bonds is 15. The van der Waals surface area contributed by atoms with Gasteiger partial charge in [-0.1, -0.05) is 18.2 Å². The number of hydrogen-bond donors (Lipinski definition) is 6. The Bertz CT molecular complexity index is 3470. The molecule has 9 atom stereocenters. The second-order valence-electron chi connectivity index (χ2n) is 24.1. The normalized spacial score (nSPS) is 21.0. The molecule has 3 saturated carbocycles. The number of fused-ring (bicyclic) bond motifs is 15. The van der Waals surface area contributed by atoms with Crippen LogP contribution in [-0.2, 0) is 0 Å². The molecule has 0 radical (unpaired) electrons. The van der Waals surface area contributed by atoms with Crippen LogP contribution < -0.4 is 16.0 Å². The van der Waals surface area contributed by atoms with Crippen molar-refractivity contribution < 1.29 is 15.3 Å². The van der Waals surface area contributed by atoms with Crippen molar-refractivity contribution in [3.63, 3.8) is 0 Å². The van der Waals surface area contributed by atoms with Gasteiger partial charge >= 0.3 is 0 Å². The number of imidazole rings is 3. The van der Waals surface area contributed by atoms with Gasteiger partial charge in [-0.25, -0.2) is 29.9 Å². The van der Waals surface area contributed by atoms with Gasteiger partial charge in [-0.15, -0.1) is 0 Å². The van der Waals surface area contributed by atoms with Gasteiger partial charge in [0.15, 0.2) is 0 Å². The van der Waals surface area contributed by atoms with E-state index in [0.29, 0.717) is 55.5 Å². The Morgan fingerprint density at radius 1 is 0.417 bits per heavy atom. The summed E-state index contributed by atoms with van der Waals surface area (Å²) in [7, 11) is 0. The van der Waals surface area contributed by atoms with E-state index in [-0.39, 0.29) is 0 Å². The van der Waals surface area contributed by atoms with E-state index in [1.54, 1.807) is 20.8 Å². The zero-order chi connectivity index (χ0) is 57.8. The van der Waals surface area contributed by atoms with Crippen LogP contribution in [0.3, 0.4) is 0 Å². The largest absolute Gasteiger partial charge is 0.392 e. The molecule has 0 amide bonds. The van der Waals surface area contributed by atoms with E-state index in [4.69, 9.17) is 29.9 Å². The Morgan fingerprint density at radius 3 is 0.988 bits per heavy atom. The third-order valence-corrected chi connectivity index (χ3v) is 17.4. The molecular formula is C66H75N15O3. The molecule has 6 N–H and O–H groups in total. The summed E-state index contributed by atoms with van der Waals surface area (Å²) in [5.74, 6) is 7.62. The second-order valence-corrected chi connectivity index (χ2v) is 24.1. The van der Waals surface area contributed by atoms with Crippen LogP contribution in [0.5, 0.6) is 0 Å². The third-order valence-electron chi connectivity index (χ3n) is 17.4. The quantitative estimate of drug-likeness (QED) is 0.0561. The summed E-state index contributed by atoms with van der Waals surface area (Å²) in [5, 5.41) is 38.3. The average Bonchev–Trinajstić information content (AvgIpc) is 2.17. The van der Waals surface area contributed by atoms with Crippen molar-refractivity contribution in [3.05, 3.63) is 144 Å². The molecule has 3 aliphatic carbocycles. The predicted octanol–water partition coefficient (Wildman–Crippen LogP) is 11.8. The molecule has 3 unspecified atom stereocenters. The topological polar surface area (TPSA) is 228 Å².